The number of benzene rings is 1. The number of halogens is 1. The smallest absolute Gasteiger partial charge is 0.305 e. The Morgan fingerprint density at radius 1 is 1.16 bits per heavy atom. The van der Waals surface area contributed by atoms with E-state index in [1.165, 1.54) is 0 Å². The van der Waals surface area contributed by atoms with Crippen molar-refractivity contribution in [2.45, 2.75) is 38.8 Å². The van der Waals surface area contributed by atoms with E-state index in [-0.39, 0.29) is 11.9 Å². The fraction of sp³-hybridized carbons (Fsp3) is 0.429. The number of urea groups is 1. The minimum Gasteiger partial charge on any atom is -0.305 e. The molecule has 0 saturated carbocycles. The Kier molecular flexibility index (Phi) is 4.13. The van der Waals surface area contributed by atoms with Crippen LogP contribution in [0.2, 0.25) is 0 Å². The van der Waals surface area contributed by atoms with Crippen LogP contribution in [0.3, 0.4) is 0 Å². The van der Waals surface area contributed by atoms with Crippen LogP contribution >= 0.6 is 22.6 Å². The lowest BCUT2D eigenvalue weighted by Crippen LogP contribution is -2.48. The Morgan fingerprint density at radius 2 is 1.74 bits per heavy atom. The maximum Gasteiger partial charge on any atom is 0.325 e. The molecule has 1 heterocycles. The molecule has 1 aromatic rings. The third-order valence-electron chi connectivity index (χ3n) is 3.83. The van der Waals surface area contributed by atoms with E-state index in [1.54, 1.807) is 4.90 Å². The Labute approximate surface area is 126 Å². The zero-order chi connectivity index (χ0) is 14.0. The third-order valence-corrected chi connectivity index (χ3v) is 4.55. The molecule has 1 saturated heterocycles. The van der Waals surface area contributed by atoms with Crippen molar-refractivity contribution >= 4 is 34.5 Å². The topological polar surface area (TPSA) is 49.4 Å². The highest BCUT2D eigenvalue weighted by atomic mass is 127. The van der Waals surface area contributed by atoms with Gasteiger partial charge < -0.3 is 4.90 Å². The minimum absolute atomic E-state index is 0.173. The van der Waals surface area contributed by atoms with Crippen LogP contribution in [0.4, 0.5) is 4.79 Å². The maximum absolute atomic E-state index is 12.0. The average Bonchev–Trinajstić information content (AvgIpc) is 2.64. The van der Waals surface area contributed by atoms with E-state index >= 15 is 0 Å². The summed E-state index contributed by atoms with van der Waals surface area (Å²) in [6.45, 7) is 4.36. The molecule has 1 N–H and O–H groups in total. The number of hydrogen-bond donors (Lipinski definition) is 1. The molecule has 0 bridgehead atoms. The molecule has 2 rings (SSSR count). The Morgan fingerprint density at radius 3 is 2.26 bits per heavy atom. The van der Waals surface area contributed by atoms with Crippen molar-refractivity contribution in [3.63, 3.8) is 0 Å². The van der Waals surface area contributed by atoms with Crippen molar-refractivity contribution < 1.29 is 9.59 Å². The van der Waals surface area contributed by atoms with E-state index in [1.807, 2.05) is 38.1 Å². The van der Waals surface area contributed by atoms with Gasteiger partial charge in [-0.25, -0.2) is 4.79 Å². The molecule has 0 aromatic heterocycles. The fourth-order valence-electron chi connectivity index (χ4n) is 2.55. The second-order valence-corrected chi connectivity index (χ2v) is 5.96. The normalized spacial score (nSPS) is 17.7. The lowest BCUT2D eigenvalue weighted by Gasteiger charge is -2.33. The van der Waals surface area contributed by atoms with Gasteiger partial charge in [-0.15, -0.1) is 0 Å². The molecular formula is C14H17IN2O2. The summed E-state index contributed by atoms with van der Waals surface area (Å²) < 4.78 is 1.15. The van der Waals surface area contributed by atoms with Crippen molar-refractivity contribution in [1.82, 2.24) is 10.2 Å². The summed E-state index contributed by atoms with van der Waals surface area (Å²) in [6.07, 6.45) is 1.26. The van der Waals surface area contributed by atoms with E-state index in [4.69, 9.17) is 0 Å². The van der Waals surface area contributed by atoms with Gasteiger partial charge in [-0.2, -0.15) is 0 Å². The number of nitrogens with one attached hydrogen (secondary N) is 1. The number of carbonyl (C=O) groups excluding carboxylic acids is 2. The van der Waals surface area contributed by atoms with E-state index in [9.17, 15) is 9.59 Å². The number of nitrogens with zero attached hydrogens (tertiary/aromatic N) is 1. The SMILES string of the molecule is CCC1(CC)C(=O)NC(=O)N1Cc1ccc(I)cc1. The highest BCUT2D eigenvalue weighted by Gasteiger charge is 2.49. The fourth-order valence-corrected chi connectivity index (χ4v) is 2.91. The zero-order valence-corrected chi connectivity index (χ0v) is 13.2. The molecule has 1 fully saturated rings. The quantitative estimate of drug-likeness (QED) is 0.653. The monoisotopic (exact) mass is 372 g/mol. The number of amides is 3. The third kappa shape index (κ3) is 2.48. The molecular weight excluding hydrogens is 355 g/mol. The maximum atomic E-state index is 12.0. The molecule has 1 aliphatic heterocycles. The van der Waals surface area contributed by atoms with Crippen LogP contribution in [0.1, 0.15) is 32.3 Å². The Balaban J connectivity index is 2.28. The van der Waals surface area contributed by atoms with Crippen molar-refractivity contribution in [2.24, 2.45) is 0 Å². The minimum atomic E-state index is -0.694. The van der Waals surface area contributed by atoms with Crippen LogP contribution in [0, 0.1) is 3.57 Å². The van der Waals surface area contributed by atoms with E-state index in [0.29, 0.717) is 19.4 Å². The Hall–Kier alpha value is -1.11. The lowest BCUT2D eigenvalue weighted by molar-refractivity contribution is -0.127. The van der Waals surface area contributed by atoms with Gasteiger partial charge in [0.2, 0.25) is 0 Å². The summed E-state index contributed by atoms with van der Waals surface area (Å²) >= 11 is 2.24. The van der Waals surface area contributed by atoms with Crippen LogP contribution in [-0.4, -0.2) is 22.4 Å². The van der Waals surface area contributed by atoms with Gasteiger partial charge in [0.25, 0.3) is 5.91 Å². The zero-order valence-electron chi connectivity index (χ0n) is 11.1. The second-order valence-electron chi connectivity index (χ2n) is 4.71. The van der Waals surface area contributed by atoms with Crippen LogP contribution < -0.4 is 5.32 Å². The summed E-state index contributed by atoms with van der Waals surface area (Å²) in [7, 11) is 0. The van der Waals surface area contributed by atoms with Crippen molar-refractivity contribution in [1.29, 1.82) is 0 Å². The molecule has 0 spiro atoms. The standard InChI is InChI=1S/C14H17IN2O2/c1-3-14(4-2)12(18)16-13(19)17(14)9-10-5-7-11(15)8-6-10/h5-8H,3-4,9H2,1-2H3,(H,16,18,19). The first kappa shape index (κ1) is 14.3. The van der Waals surface area contributed by atoms with Gasteiger partial charge in [-0.3, -0.25) is 10.1 Å². The van der Waals surface area contributed by atoms with Gasteiger partial charge in [0.15, 0.2) is 0 Å². The number of hydrogen-bond acceptors (Lipinski definition) is 2. The first-order chi connectivity index (χ1) is 9.03. The molecule has 1 aliphatic rings. The molecule has 0 atom stereocenters. The van der Waals surface area contributed by atoms with Gasteiger partial charge in [-0.1, -0.05) is 26.0 Å². The predicted octanol–water partition coefficient (Wildman–Crippen LogP) is 2.90. The molecule has 0 aliphatic carbocycles. The van der Waals surface area contributed by atoms with Gasteiger partial charge in [-0.05, 0) is 53.1 Å². The molecule has 19 heavy (non-hydrogen) atoms. The summed E-state index contributed by atoms with van der Waals surface area (Å²) in [6, 6.07) is 7.71. The van der Waals surface area contributed by atoms with Gasteiger partial charge in [0.1, 0.15) is 5.54 Å². The molecule has 1 aromatic carbocycles. The predicted molar refractivity (Wildman–Crippen MR) is 81.6 cm³/mol. The lowest BCUT2D eigenvalue weighted by atomic mass is 9.91. The Bertz CT molecular complexity index is 495. The first-order valence-electron chi connectivity index (χ1n) is 6.41. The molecule has 0 unspecified atom stereocenters. The highest BCUT2D eigenvalue weighted by Crippen LogP contribution is 2.30. The van der Waals surface area contributed by atoms with Crippen LogP contribution in [0.15, 0.2) is 24.3 Å². The van der Waals surface area contributed by atoms with Crippen LogP contribution in [0.5, 0.6) is 0 Å². The summed E-state index contributed by atoms with van der Waals surface area (Å²) in [5, 5.41) is 2.44. The van der Waals surface area contributed by atoms with Crippen molar-refractivity contribution in [3.8, 4) is 0 Å². The second kappa shape index (κ2) is 5.48. The van der Waals surface area contributed by atoms with E-state index < -0.39 is 5.54 Å². The molecule has 5 heteroatoms. The van der Waals surface area contributed by atoms with Gasteiger partial charge in [0, 0.05) is 10.1 Å². The van der Waals surface area contributed by atoms with Gasteiger partial charge in [0.05, 0.1) is 0 Å². The summed E-state index contributed by atoms with van der Waals surface area (Å²) in [5.74, 6) is -0.173. The highest BCUT2D eigenvalue weighted by molar-refractivity contribution is 14.1. The van der Waals surface area contributed by atoms with Crippen LogP contribution in [-0.2, 0) is 11.3 Å². The number of carbonyl (C=O) groups is 2. The molecule has 0 radical (unpaired) electrons. The summed E-state index contributed by atoms with van der Waals surface area (Å²) in [4.78, 5) is 25.7. The molecule has 102 valence electrons. The molecule has 3 amide bonds. The van der Waals surface area contributed by atoms with Crippen molar-refractivity contribution in [3.05, 3.63) is 33.4 Å². The largest absolute Gasteiger partial charge is 0.325 e. The van der Waals surface area contributed by atoms with Crippen LogP contribution in [0.25, 0.3) is 0 Å². The van der Waals surface area contributed by atoms with E-state index in [2.05, 4.69) is 27.9 Å². The van der Waals surface area contributed by atoms with Crippen molar-refractivity contribution in [2.75, 3.05) is 0 Å². The van der Waals surface area contributed by atoms with Gasteiger partial charge >= 0.3 is 6.03 Å². The van der Waals surface area contributed by atoms with E-state index in [0.717, 1.165) is 9.13 Å². The summed E-state index contributed by atoms with van der Waals surface area (Å²) in [5.41, 5.74) is 0.344. The molecule has 4 nitrogen and oxygen atoms in total. The number of imide groups is 1. The average molecular weight is 372 g/mol. The first-order valence-corrected chi connectivity index (χ1v) is 7.49. The number of rotatable bonds is 4.